The number of halogens is 1. The van der Waals surface area contributed by atoms with Crippen LogP contribution in [-0.4, -0.2) is 66.1 Å². The summed E-state index contributed by atoms with van der Waals surface area (Å²) in [7, 11) is 0. The number of anilines is 1. The maximum Gasteiger partial charge on any atom is 0.253 e. The Morgan fingerprint density at radius 2 is 1.87 bits per heavy atom. The Kier molecular flexibility index (Phi) is 6.77. The number of amides is 1. The molecule has 1 aromatic carbocycles. The van der Waals surface area contributed by atoms with E-state index in [9.17, 15) is 14.7 Å². The molecule has 2 aromatic heterocycles. The van der Waals surface area contributed by atoms with E-state index in [2.05, 4.69) is 9.88 Å². The molecule has 1 N–H and O–H groups in total. The number of pyridine rings is 1. The maximum absolute atomic E-state index is 15.2. The lowest BCUT2D eigenvalue weighted by molar-refractivity contribution is 0.0330. The van der Waals surface area contributed by atoms with E-state index < -0.39 is 17.3 Å². The number of carbonyl (C=O) groups excluding carboxylic acids is 2. The Bertz CT molecular complexity index is 1440. The number of likely N-dealkylation sites (tertiary alicyclic amines) is 1. The zero-order valence-corrected chi connectivity index (χ0v) is 23.0. The second kappa shape index (κ2) is 10.1. The number of carbonyl (C=O) groups is 2. The fraction of sp³-hybridized carbons (Fsp3) is 0.433. The minimum Gasteiger partial charge on any atom is -0.388 e. The van der Waals surface area contributed by atoms with Gasteiger partial charge in [-0.05, 0) is 48.7 Å². The molecular formula is C30H32FN3O4S. The second-order valence-corrected chi connectivity index (χ2v) is 12.2. The molecule has 2 saturated heterocycles. The number of aliphatic hydroxyl groups excluding tert-OH is 1. The fourth-order valence-corrected chi connectivity index (χ4v) is 7.18. The molecule has 3 aliphatic rings. The van der Waals surface area contributed by atoms with E-state index >= 15 is 4.39 Å². The SMILES string of the molecule is CC1(C)CC(=O)c2sc(N3CCOCC3)c(-c3ccnc(-c4cc(C(=O)N5CCCC5)ccc4F)c3)c2[C@@H]1O. The number of thiophene rings is 1. The van der Waals surface area contributed by atoms with Gasteiger partial charge >= 0.3 is 0 Å². The third-order valence-corrected chi connectivity index (χ3v) is 9.35. The van der Waals surface area contributed by atoms with Crippen molar-refractivity contribution >= 4 is 28.0 Å². The van der Waals surface area contributed by atoms with Gasteiger partial charge in [0.1, 0.15) is 10.8 Å². The lowest BCUT2D eigenvalue weighted by Gasteiger charge is -2.35. The summed E-state index contributed by atoms with van der Waals surface area (Å²) in [5.41, 5.74) is 2.64. The molecule has 4 heterocycles. The number of hydrogen-bond donors (Lipinski definition) is 1. The van der Waals surface area contributed by atoms with Gasteiger partial charge in [-0.25, -0.2) is 4.39 Å². The highest BCUT2D eigenvalue weighted by Crippen LogP contribution is 2.54. The Morgan fingerprint density at radius 3 is 2.62 bits per heavy atom. The van der Waals surface area contributed by atoms with Gasteiger partial charge in [0.05, 0.1) is 29.9 Å². The van der Waals surface area contributed by atoms with Crippen LogP contribution < -0.4 is 4.90 Å². The number of morpholine rings is 1. The zero-order chi connectivity index (χ0) is 27.3. The number of fused-ring (bicyclic) bond motifs is 1. The molecule has 7 nitrogen and oxygen atoms in total. The lowest BCUT2D eigenvalue weighted by Crippen LogP contribution is -2.36. The van der Waals surface area contributed by atoms with Gasteiger partial charge in [0, 0.05) is 66.5 Å². The van der Waals surface area contributed by atoms with E-state index in [-0.39, 0.29) is 23.7 Å². The monoisotopic (exact) mass is 549 g/mol. The van der Waals surface area contributed by atoms with Crippen LogP contribution in [0.3, 0.4) is 0 Å². The summed E-state index contributed by atoms with van der Waals surface area (Å²) < 4.78 is 20.7. The molecule has 0 radical (unpaired) electrons. The van der Waals surface area contributed by atoms with Crippen LogP contribution in [0.1, 0.15) is 64.8 Å². The molecule has 39 heavy (non-hydrogen) atoms. The third kappa shape index (κ3) is 4.66. The van der Waals surface area contributed by atoms with Gasteiger partial charge in [-0.2, -0.15) is 0 Å². The highest BCUT2D eigenvalue weighted by molar-refractivity contribution is 7.19. The molecule has 1 amide bonds. The molecule has 0 saturated carbocycles. The van der Waals surface area contributed by atoms with E-state index in [1.54, 1.807) is 23.2 Å². The third-order valence-electron chi connectivity index (χ3n) is 8.04. The Balaban J connectivity index is 1.47. The summed E-state index contributed by atoms with van der Waals surface area (Å²) in [6.45, 7) is 7.74. The van der Waals surface area contributed by atoms with E-state index in [0.717, 1.165) is 29.0 Å². The van der Waals surface area contributed by atoms with Crippen LogP contribution in [0, 0.1) is 11.2 Å². The summed E-state index contributed by atoms with van der Waals surface area (Å²) >= 11 is 1.42. The van der Waals surface area contributed by atoms with Crippen molar-refractivity contribution < 1.29 is 23.8 Å². The molecule has 0 spiro atoms. The van der Waals surface area contributed by atoms with E-state index in [4.69, 9.17) is 4.74 Å². The van der Waals surface area contributed by atoms with Crippen LogP contribution >= 0.6 is 11.3 Å². The van der Waals surface area contributed by atoms with Crippen molar-refractivity contribution in [2.75, 3.05) is 44.3 Å². The van der Waals surface area contributed by atoms with Gasteiger partial charge in [0.15, 0.2) is 5.78 Å². The Labute approximate surface area is 231 Å². The largest absolute Gasteiger partial charge is 0.388 e. The predicted molar refractivity (Wildman–Crippen MR) is 149 cm³/mol. The van der Waals surface area contributed by atoms with Gasteiger partial charge in [-0.3, -0.25) is 14.6 Å². The second-order valence-electron chi connectivity index (χ2n) is 11.2. The van der Waals surface area contributed by atoms with Crippen LogP contribution in [0.5, 0.6) is 0 Å². The quantitative estimate of drug-likeness (QED) is 0.474. The maximum atomic E-state index is 15.2. The summed E-state index contributed by atoms with van der Waals surface area (Å²) in [5.74, 6) is -0.537. The van der Waals surface area contributed by atoms with Crippen LogP contribution in [0.2, 0.25) is 0 Å². The highest BCUT2D eigenvalue weighted by Gasteiger charge is 2.43. The van der Waals surface area contributed by atoms with Crippen molar-refractivity contribution in [1.29, 1.82) is 0 Å². The van der Waals surface area contributed by atoms with E-state index in [0.29, 0.717) is 61.1 Å². The molecular weight excluding hydrogens is 517 g/mol. The normalized spacial score (nSPS) is 20.8. The first-order valence-corrected chi connectivity index (χ1v) is 14.3. The standard InChI is InChI=1S/C30H32FN3O4S/c1-30(2)17-23(35)26-25(27(30)36)24(29(39-26)34-11-13-38-14-12-34)18-7-8-32-22(16-18)20-15-19(5-6-21(20)31)28(37)33-9-3-4-10-33/h5-8,15-16,27,36H,3-4,9-14,17H2,1-2H3/t27-/m0/s1. The number of aromatic nitrogens is 1. The number of ketones is 1. The van der Waals surface area contributed by atoms with Gasteiger partial charge in [-0.1, -0.05) is 13.8 Å². The number of rotatable bonds is 4. The Hall–Kier alpha value is -3.14. The molecule has 3 aromatic rings. The van der Waals surface area contributed by atoms with Crippen molar-refractivity contribution in [3.8, 4) is 22.4 Å². The molecule has 1 atom stereocenters. The van der Waals surface area contributed by atoms with Crippen molar-refractivity contribution in [2.45, 2.75) is 39.2 Å². The van der Waals surface area contributed by atoms with Crippen LogP contribution in [0.4, 0.5) is 9.39 Å². The first kappa shape index (κ1) is 26.1. The number of nitrogens with zero attached hydrogens (tertiary/aromatic N) is 3. The Morgan fingerprint density at radius 1 is 1.13 bits per heavy atom. The van der Waals surface area contributed by atoms with Crippen molar-refractivity contribution in [2.24, 2.45) is 5.41 Å². The molecule has 6 rings (SSSR count). The summed E-state index contributed by atoms with van der Waals surface area (Å²) in [5, 5.41) is 12.4. The lowest BCUT2D eigenvalue weighted by atomic mass is 9.72. The van der Waals surface area contributed by atoms with Gasteiger partial charge < -0.3 is 19.6 Å². The van der Waals surface area contributed by atoms with Crippen LogP contribution in [-0.2, 0) is 4.74 Å². The average Bonchev–Trinajstić information content (AvgIpc) is 3.61. The molecule has 2 fully saturated rings. The zero-order valence-electron chi connectivity index (χ0n) is 22.2. The number of aliphatic hydroxyl groups is 1. The molecule has 9 heteroatoms. The van der Waals surface area contributed by atoms with Crippen LogP contribution in [0.25, 0.3) is 22.4 Å². The minimum absolute atomic E-state index is 0.0273. The predicted octanol–water partition coefficient (Wildman–Crippen LogP) is 5.33. The van der Waals surface area contributed by atoms with Crippen molar-refractivity contribution in [3.05, 3.63) is 58.3 Å². The van der Waals surface area contributed by atoms with Crippen molar-refractivity contribution in [3.63, 3.8) is 0 Å². The van der Waals surface area contributed by atoms with Crippen LogP contribution in [0.15, 0.2) is 36.5 Å². The van der Waals surface area contributed by atoms with Gasteiger partial charge in [-0.15, -0.1) is 11.3 Å². The summed E-state index contributed by atoms with van der Waals surface area (Å²) in [6.07, 6.45) is 3.01. The minimum atomic E-state index is -0.832. The fourth-order valence-electron chi connectivity index (χ4n) is 5.84. The number of benzene rings is 1. The highest BCUT2D eigenvalue weighted by atomic mass is 32.1. The molecule has 2 aliphatic heterocycles. The number of ether oxygens (including phenoxy) is 1. The smallest absolute Gasteiger partial charge is 0.253 e. The molecule has 0 bridgehead atoms. The van der Waals surface area contributed by atoms with Crippen molar-refractivity contribution in [1.82, 2.24) is 9.88 Å². The number of hydrogen-bond acceptors (Lipinski definition) is 7. The van der Waals surface area contributed by atoms with E-state index in [1.807, 2.05) is 19.9 Å². The van der Waals surface area contributed by atoms with Gasteiger partial charge in [0.2, 0.25) is 0 Å². The topological polar surface area (TPSA) is 83.0 Å². The summed E-state index contributed by atoms with van der Waals surface area (Å²) in [6, 6.07) is 8.07. The van der Waals surface area contributed by atoms with E-state index in [1.165, 1.54) is 23.5 Å². The molecule has 1 aliphatic carbocycles. The molecule has 0 unspecified atom stereocenters. The first-order chi connectivity index (χ1) is 18.7. The molecule has 204 valence electrons. The summed E-state index contributed by atoms with van der Waals surface area (Å²) in [4.78, 5) is 35.3. The average molecular weight is 550 g/mol. The number of Topliss-reactive ketones (excluding diaryl/α,β-unsaturated/α-hetero) is 1. The first-order valence-electron chi connectivity index (χ1n) is 13.5. The van der Waals surface area contributed by atoms with Gasteiger partial charge in [0.25, 0.3) is 5.91 Å².